The second-order valence-corrected chi connectivity index (χ2v) is 4.68. The predicted octanol–water partition coefficient (Wildman–Crippen LogP) is 2.08. The first-order chi connectivity index (χ1) is 9.68. The molecule has 1 aliphatic rings. The zero-order valence-electron chi connectivity index (χ0n) is 12.1. The highest BCUT2D eigenvalue weighted by Crippen LogP contribution is 2.36. The molecule has 1 aromatic rings. The van der Waals surface area contributed by atoms with E-state index >= 15 is 0 Å². The van der Waals surface area contributed by atoms with Gasteiger partial charge in [0.05, 0.1) is 14.2 Å². The van der Waals surface area contributed by atoms with Crippen molar-refractivity contribution in [3.05, 3.63) is 23.8 Å². The Morgan fingerprint density at radius 2 is 1.65 bits per heavy atom. The quantitative estimate of drug-likeness (QED) is 0.773. The van der Waals surface area contributed by atoms with Crippen LogP contribution in [-0.2, 0) is 9.47 Å². The van der Waals surface area contributed by atoms with Crippen molar-refractivity contribution >= 4 is 5.78 Å². The third-order valence-electron chi connectivity index (χ3n) is 3.76. The van der Waals surface area contributed by atoms with E-state index in [1.54, 1.807) is 25.3 Å². The summed E-state index contributed by atoms with van der Waals surface area (Å²) >= 11 is 0. The fourth-order valence-corrected chi connectivity index (χ4v) is 2.53. The van der Waals surface area contributed by atoms with Crippen molar-refractivity contribution in [2.24, 2.45) is 0 Å². The summed E-state index contributed by atoms with van der Waals surface area (Å²) in [6.07, 6.45) is 1.06. The fourth-order valence-electron chi connectivity index (χ4n) is 2.53. The summed E-state index contributed by atoms with van der Waals surface area (Å²) in [7, 11) is 4.63. The van der Waals surface area contributed by atoms with Gasteiger partial charge in [-0.25, -0.2) is 0 Å². The SMILES string of the molecule is COc1cccc(OC)c1C(=O)C1(OC)CCOCC1. The highest BCUT2D eigenvalue weighted by molar-refractivity contribution is 6.07. The van der Waals surface area contributed by atoms with Crippen LogP contribution in [0, 0.1) is 0 Å². The summed E-state index contributed by atoms with van der Waals surface area (Å²) in [5.74, 6) is 0.882. The van der Waals surface area contributed by atoms with Crippen LogP contribution in [0.25, 0.3) is 0 Å². The molecule has 2 rings (SSSR count). The van der Waals surface area contributed by atoms with Crippen LogP contribution >= 0.6 is 0 Å². The van der Waals surface area contributed by atoms with Gasteiger partial charge >= 0.3 is 0 Å². The van der Waals surface area contributed by atoms with E-state index in [0.717, 1.165) is 0 Å². The van der Waals surface area contributed by atoms with Gasteiger partial charge in [0.25, 0.3) is 0 Å². The van der Waals surface area contributed by atoms with E-state index in [1.165, 1.54) is 14.2 Å². The van der Waals surface area contributed by atoms with Crippen LogP contribution in [0.2, 0.25) is 0 Å². The monoisotopic (exact) mass is 280 g/mol. The molecule has 0 bridgehead atoms. The standard InChI is InChI=1S/C15H20O5/c1-17-11-5-4-6-12(18-2)13(11)14(16)15(19-3)7-9-20-10-8-15/h4-6H,7-10H2,1-3H3. The first-order valence-corrected chi connectivity index (χ1v) is 6.57. The Morgan fingerprint density at radius 3 is 2.10 bits per heavy atom. The molecule has 1 aliphatic heterocycles. The van der Waals surface area contributed by atoms with Crippen LogP contribution in [0.15, 0.2) is 18.2 Å². The van der Waals surface area contributed by atoms with Crippen molar-refractivity contribution in [2.75, 3.05) is 34.5 Å². The smallest absolute Gasteiger partial charge is 0.202 e. The van der Waals surface area contributed by atoms with Gasteiger partial charge in [0.1, 0.15) is 22.7 Å². The molecular formula is C15H20O5. The highest BCUT2D eigenvalue weighted by atomic mass is 16.5. The van der Waals surface area contributed by atoms with Gasteiger partial charge in [-0.3, -0.25) is 4.79 Å². The predicted molar refractivity (Wildman–Crippen MR) is 73.7 cm³/mol. The Morgan fingerprint density at radius 1 is 1.10 bits per heavy atom. The van der Waals surface area contributed by atoms with Crippen molar-refractivity contribution in [3.63, 3.8) is 0 Å². The topological polar surface area (TPSA) is 54.0 Å². The number of ether oxygens (including phenoxy) is 4. The van der Waals surface area contributed by atoms with Gasteiger partial charge in [0.2, 0.25) is 5.78 Å². The maximum absolute atomic E-state index is 13.0. The minimum atomic E-state index is -0.861. The van der Waals surface area contributed by atoms with E-state index in [4.69, 9.17) is 18.9 Å². The molecule has 0 aliphatic carbocycles. The van der Waals surface area contributed by atoms with Crippen LogP contribution in [0.1, 0.15) is 23.2 Å². The Balaban J connectivity index is 2.46. The van der Waals surface area contributed by atoms with Crippen molar-refractivity contribution in [1.29, 1.82) is 0 Å². The number of hydrogen-bond acceptors (Lipinski definition) is 5. The lowest BCUT2D eigenvalue weighted by Gasteiger charge is -2.34. The molecule has 110 valence electrons. The number of methoxy groups -OCH3 is 3. The molecule has 1 heterocycles. The minimum absolute atomic E-state index is 0.113. The number of benzene rings is 1. The van der Waals surface area contributed by atoms with E-state index in [2.05, 4.69) is 0 Å². The second kappa shape index (κ2) is 6.24. The van der Waals surface area contributed by atoms with Crippen molar-refractivity contribution in [2.45, 2.75) is 18.4 Å². The van der Waals surface area contributed by atoms with Crippen molar-refractivity contribution in [1.82, 2.24) is 0 Å². The van der Waals surface area contributed by atoms with Crippen molar-refractivity contribution < 1.29 is 23.7 Å². The summed E-state index contributed by atoms with van der Waals surface area (Å²) in [4.78, 5) is 13.0. The second-order valence-electron chi connectivity index (χ2n) is 4.68. The Kier molecular flexibility index (Phi) is 4.62. The molecule has 0 saturated carbocycles. The Hall–Kier alpha value is -1.59. The van der Waals surface area contributed by atoms with E-state index in [0.29, 0.717) is 43.1 Å². The van der Waals surface area contributed by atoms with Gasteiger partial charge in [-0.1, -0.05) is 6.07 Å². The average Bonchev–Trinajstić information content (AvgIpc) is 2.53. The lowest BCUT2D eigenvalue weighted by molar-refractivity contribution is -0.0665. The maximum Gasteiger partial charge on any atom is 0.202 e. The molecule has 0 unspecified atom stereocenters. The van der Waals surface area contributed by atoms with E-state index in [1.807, 2.05) is 0 Å². The molecule has 0 radical (unpaired) electrons. The molecule has 1 fully saturated rings. The minimum Gasteiger partial charge on any atom is -0.496 e. The van der Waals surface area contributed by atoms with Crippen LogP contribution < -0.4 is 9.47 Å². The molecule has 1 saturated heterocycles. The molecule has 5 heteroatoms. The molecule has 0 amide bonds. The summed E-state index contributed by atoms with van der Waals surface area (Å²) < 4.78 is 21.5. The van der Waals surface area contributed by atoms with Gasteiger partial charge < -0.3 is 18.9 Å². The summed E-state index contributed by atoms with van der Waals surface area (Å²) in [6, 6.07) is 5.29. The van der Waals surface area contributed by atoms with Gasteiger partial charge in [0, 0.05) is 33.2 Å². The van der Waals surface area contributed by atoms with Gasteiger partial charge in [-0.2, -0.15) is 0 Å². The third kappa shape index (κ3) is 2.51. The Labute approximate surface area is 118 Å². The zero-order valence-corrected chi connectivity index (χ0v) is 12.1. The first-order valence-electron chi connectivity index (χ1n) is 6.57. The van der Waals surface area contributed by atoms with E-state index in [-0.39, 0.29) is 5.78 Å². The molecule has 0 atom stereocenters. The number of Topliss-reactive ketones (excluding diaryl/α,β-unsaturated/α-hetero) is 1. The molecule has 1 aromatic carbocycles. The first kappa shape index (κ1) is 14.8. The van der Waals surface area contributed by atoms with Crippen LogP contribution in [-0.4, -0.2) is 45.9 Å². The molecule has 0 aromatic heterocycles. The summed E-state index contributed by atoms with van der Waals surface area (Å²) in [6.45, 7) is 1.02. The third-order valence-corrected chi connectivity index (χ3v) is 3.76. The zero-order chi connectivity index (χ0) is 14.6. The molecule has 0 spiro atoms. The normalized spacial score (nSPS) is 17.6. The van der Waals surface area contributed by atoms with Crippen molar-refractivity contribution in [3.8, 4) is 11.5 Å². The Bertz CT molecular complexity index is 455. The molecule has 20 heavy (non-hydrogen) atoms. The van der Waals surface area contributed by atoms with Gasteiger partial charge in [0.15, 0.2) is 0 Å². The molecule has 5 nitrogen and oxygen atoms in total. The average molecular weight is 280 g/mol. The number of hydrogen-bond donors (Lipinski definition) is 0. The number of carbonyl (C=O) groups is 1. The lowest BCUT2D eigenvalue weighted by Crippen LogP contribution is -2.45. The maximum atomic E-state index is 13.0. The highest BCUT2D eigenvalue weighted by Gasteiger charge is 2.43. The summed E-state index contributed by atoms with van der Waals surface area (Å²) in [5, 5.41) is 0. The molecular weight excluding hydrogens is 260 g/mol. The van der Waals surface area contributed by atoms with Crippen LogP contribution in [0.4, 0.5) is 0 Å². The number of rotatable bonds is 5. The van der Waals surface area contributed by atoms with Gasteiger partial charge in [-0.15, -0.1) is 0 Å². The van der Waals surface area contributed by atoms with Crippen LogP contribution in [0.3, 0.4) is 0 Å². The fraction of sp³-hybridized carbons (Fsp3) is 0.533. The largest absolute Gasteiger partial charge is 0.496 e. The van der Waals surface area contributed by atoms with Crippen LogP contribution in [0.5, 0.6) is 11.5 Å². The molecule has 0 N–H and O–H groups in total. The van der Waals surface area contributed by atoms with Gasteiger partial charge in [-0.05, 0) is 12.1 Å². The summed E-state index contributed by atoms with van der Waals surface area (Å²) in [5.41, 5.74) is -0.429. The van der Waals surface area contributed by atoms with E-state index < -0.39 is 5.60 Å². The van der Waals surface area contributed by atoms with E-state index in [9.17, 15) is 4.79 Å². The number of ketones is 1. The lowest BCUT2D eigenvalue weighted by atomic mass is 9.85. The number of carbonyl (C=O) groups excluding carboxylic acids is 1.